The summed E-state index contributed by atoms with van der Waals surface area (Å²) in [6.45, 7) is 3.85. The Hall–Kier alpha value is -2.53. The predicted octanol–water partition coefficient (Wildman–Crippen LogP) is 2.87. The number of nitrogens with zero attached hydrogens (tertiary/aromatic N) is 1. The Labute approximate surface area is 182 Å². The van der Waals surface area contributed by atoms with Crippen LogP contribution in [0.3, 0.4) is 0 Å². The molecular formula is C21H24N2O6S2. The average molecular weight is 465 g/mol. The standard InChI is InChI=1S/C21H24N2O6S2/c1-21(2)19(12-13-22-16-8-4-3-5-9-16)23(14-7-15-30(24,25)26)17-10-6-11-18(20(17)21)31(27,28)29/h3-6,8-13H,7,14-15H2,1-2H3,(H2,24,25,26,27,28,29). The highest BCUT2D eigenvalue weighted by molar-refractivity contribution is 7.86. The van der Waals surface area contributed by atoms with E-state index in [9.17, 15) is 25.9 Å². The maximum atomic E-state index is 12.0. The molecule has 3 rings (SSSR count). The van der Waals surface area contributed by atoms with Gasteiger partial charge in [-0.2, -0.15) is 13.0 Å². The topological polar surface area (TPSA) is 127 Å². The number of benzene rings is 2. The van der Waals surface area contributed by atoms with Crippen molar-refractivity contribution >= 4 is 37.3 Å². The Morgan fingerprint density at radius 3 is 2.35 bits per heavy atom. The van der Waals surface area contributed by atoms with Crippen molar-refractivity contribution in [3.8, 4) is 0 Å². The Morgan fingerprint density at radius 2 is 1.74 bits per heavy atom. The zero-order valence-electron chi connectivity index (χ0n) is 17.1. The zero-order valence-corrected chi connectivity index (χ0v) is 18.8. The van der Waals surface area contributed by atoms with Crippen molar-refractivity contribution in [2.24, 2.45) is 0 Å². The fourth-order valence-corrected chi connectivity index (χ4v) is 5.22. The Balaban J connectivity index is 2.06. The molecule has 0 saturated heterocycles. The van der Waals surface area contributed by atoms with Crippen molar-refractivity contribution in [1.29, 1.82) is 0 Å². The number of fused-ring (bicyclic) bond motifs is 1. The third kappa shape index (κ3) is 5.21. The van der Waals surface area contributed by atoms with E-state index in [4.69, 9.17) is 0 Å². The predicted molar refractivity (Wildman–Crippen MR) is 117 cm³/mol. The molecule has 10 heteroatoms. The summed E-state index contributed by atoms with van der Waals surface area (Å²) in [5, 5.41) is 3.14. The lowest BCUT2D eigenvalue weighted by atomic mass is 9.81. The first-order chi connectivity index (χ1) is 14.4. The lowest BCUT2D eigenvalue weighted by Crippen LogP contribution is -2.29. The maximum Gasteiger partial charge on any atom is 0.295 e. The summed E-state index contributed by atoms with van der Waals surface area (Å²) in [6.07, 6.45) is 3.57. The minimum Gasteiger partial charge on any atom is -0.748 e. The van der Waals surface area contributed by atoms with Gasteiger partial charge in [0.2, 0.25) is 5.69 Å². The molecule has 0 aromatic heterocycles. The van der Waals surface area contributed by atoms with Crippen LogP contribution in [-0.4, -0.2) is 48.5 Å². The van der Waals surface area contributed by atoms with E-state index < -0.39 is 31.4 Å². The molecule has 2 aromatic rings. The molecule has 0 radical (unpaired) electrons. The van der Waals surface area contributed by atoms with E-state index in [-0.39, 0.29) is 17.9 Å². The van der Waals surface area contributed by atoms with Crippen molar-refractivity contribution < 1.29 is 30.5 Å². The van der Waals surface area contributed by atoms with Crippen LogP contribution < -0.4 is 5.32 Å². The first kappa shape index (κ1) is 23.1. The number of hydrogen-bond acceptors (Lipinski definition) is 6. The van der Waals surface area contributed by atoms with Crippen molar-refractivity contribution in [2.75, 3.05) is 17.6 Å². The first-order valence-electron chi connectivity index (χ1n) is 9.59. The van der Waals surface area contributed by atoms with E-state index >= 15 is 0 Å². The van der Waals surface area contributed by atoms with Gasteiger partial charge in [-0.25, -0.2) is 8.42 Å². The number of anilines is 1. The van der Waals surface area contributed by atoms with Gasteiger partial charge in [-0.15, -0.1) is 0 Å². The van der Waals surface area contributed by atoms with Crippen LogP contribution in [0.25, 0.3) is 0 Å². The summed E-state index contributed by atoms with van der Waals surface area (Å²) in [4.78, 5) is -0.198. The summed E-state index contributed by atoms with van der Waals surface area (Å²) >= 11 is 0. The van der Waals surface area contributed by atoms with Gasteiger partial charge in [0, 0.05) is 36.2 Å². The Bertz CT molecular complexity index is 1250. The molecule has 2 N–H and O–H groups in total. The quantitative estimate of drug-likeness (QED) is 0.454. The highest BCUT2D eigenvalue weighted by Gasteiger charge is 2.47. The second-order valence-corrected chi connectivity index (χ2v) is 10.7. The lowest BCUT2D eigenvalue weighted by Gasteiger charge is -2.17. The molecule has 0 fully saturated rings. The summed E-state index contributed by atoms with van der Waals surface area (Å²) in [5.41, 5.74) is 1.71. The minimum absolute atomic E-state index is 0.0703. The number of nitrogens with one attached hydrogen (secondary N) is 1. The van der Waals surface area contributed by atoms with Crippen LogP contribution >= 0.6 is 0 Å². The van der Waals surface area contributed by atoms with Crippen molar-refractivity contribution in [2.45, 2.75) is 30.6 Å². The molecule has 0 atom stereocenters. The van der Waals surface area contributed by atoms with Crippen LogP contribution in [0.2, 0.25) is 0 Å². The molecule has 0 aliphatic carbocycles. The molecule has 0 unspecified atom stereocenters. The van der Waals surface area contributed by atoms with Crippen LogP contribution in [0.4, 0.5) is 11.4 Å². The highest BCUT2D eigenvalue weighted by atomic mass is 32.2. The molecule has 166 valence electrons. The van der Waals surface area contributed by atoms with Gasteiger partial charge in [-0.3, -0.25) is 4.55 Å². The van der Waals surface area contributed by atoms with E-state index in [1.54, 1.807) is 22.9 Å². The average Bonchev–Trinajstić information content (AvgIpc) is 2.88. The van der Waals surface area contributed by atoms with E-state index in [2.05, 4.69) is 5.32 Å². The van der Waals surface area contributed by atoms with E-state index in [0.717, 1.165) is 5.69 Å². The van der Waals surface area contributed by atoms with Crippen molar-refractivity contribution in [3.05, 3.63) is 66.4 Å². The first-order valence-corrected chi connectivity index (χ1v) is 12.6. The summed E-state index contributed by atoms with van der Waals surface area (Å²) < 4.78 is 68.7. The van der Waals surface area contributed by atoms with E-state index in [1.165, 1.54) is 12.1 Å². The smallest absolute Gasteiger partial charge is 0.295 e. The molecule has 8 nitrogen and oxygen atoms in total. The van der Waals surface area contributed by atoms with Gasteiger partial charge >= 0.3 is 0 Å². The van der Waals surface area contributed by atoms with Crippen LogP contribution in [0.1, 0.15) is 25.8 Å². The normalized spacial score (nSPS) is 16.0. The molecule has 2 aromatic carbocycles. The molecule has 31 heavy (non-hydrogen) atoms. The zero-order chi connectivity index (χ0) is 22.9. The second kappa shape index (κ2) is 8.54. The number of hydrogen-bond donors (Lipinski definition) is 2. The SMILES string of the molecule is CC1(C)C(/C=C/Nc2ccccc2)=[N+](CCCS(=O)(=O)[O-])c2cccc(S(=O)(=O)O)c21. The maximum absolute atomic E-state index is 12.0. The van der Waals surface area contributed by atoms with Gasteiger partial charge in [-0.1, -0.05) is 24.3 Å². The fraction of sp³-hybridized carbons (Fsp3) is 0.286. The lowest BCUT2D eigenvalue weighted by molar-refractivity contribution is -0.437. The molecular weight excluding hydrogens is 440 g/mol. The van der Waals surface area contributed by atoms with E-state index in [0.29, 0.717) is 17.0 Å². The molecule has 1 aliphatic rings. The minimum atomic E-state index is -4.48. The third-order valence-electron chi connectivity index (χ3n) is 5.17. The van der Waals surface area contributed by atoms with Gasteiger partial charge in [-0.05, 0) is 32.0 Å². The summed E-state index contributed by atoms with van der Waals surface area (Å²) in [5.74, 6) is -0.531. The Kier molecular flexibility index (Phi) is 6.38. The Morgan fingerprint density at radius 1 is 1.06 bits per heavy atom. The van der Waals surface area contributed by atoms with Gasteiger partial charge in [0.05, 0.1) is 21.1 Å². The van der Waals surface area contributed by atoms with Crippen LogP contribution in [-0.2, 0) is 25.7 Å². The van der Waals surface area contributed by atoms with Crippen LogP contribution in [0, 0.1) is 0 Å². The van der Waals surface area contributed by atoms with Crippen LogP contribution in [0.5, 0.6) is 0 Å². The molecule has 0 spiro atoms. The number of allylic oxidation sites excluding steroid dienone is 1. The van der Waals surface area contributed by atoms with Gasteiger partial charge in [0.1, 0.15) is 11.4 Å². The largest absolute Gasteiger partial charge is 0.748 e. The van der Waals surface area contributed by atoms with Gasteiger partial charge in [0.15, 0.2) is 5.71 Å². The monoisotopic (exact) mass is 464 g/mol. The summed E-state index contributed by atoms with van der Waals surface area (Å²) in [7, 11) is -8.85. The molecule has 0 saturated carbocycles. The van der Waals surface area contributed by atoms with Gasteiger partial charge in [0.25, 0.3) is 10.1 Å². The molecule has 0 amide bonds. The van der Waals surface area contributed by atoms with Crippen LogP contribution in [0.15, 0.2) is 65.7 Å². The highest BCUT2D eigenvalue weighted by Crippen LogP contribution is 2.43. The number of para-hydroxylation sites is 1. The summed E-state index contributed by atoms with van der Waals surface area (Å²) in [6, 6.07) is 14.0. The number of rotatable bonds is 8. The molecule has 1 aliphatic heterocycles. The molecule has 0 bridgehead atoms. The second-order valence-electron chi connectivity index (χ2n) is 7.75. The van der Waals surface area contributed by atoms with E-state index in [1.807, 2.05) is 44.2 Å². The van der Waals surface area contributed by atoms with Crippen molar-refractivity contribution in [1.82, 2.24) is 0 Å². The van der Waals surface area contributed by atoms with Crippen molar-refractivity contribution in [3.63, 3.8) is 0 Å². The third-order valence-corrected chi connectivity index (χ3v) is 6.85. The molecule has 1 heterocycles. The van der Waals surface area contributed by atoms with Gasteiger partial charge < -0.3 is 9.87 Å². The fourth-order valence-electron chi connectivity index (χ4n) is 3.87.